The summed E-state index contributed by atoms with van der Waals surface area (Å²) in [5.74, 6) is 0.298. The highest BCUT2D eigenvalue weighted by Gasteiger charge is 2.46. The third kappa shape index (κ3) is 8.79. The minimum atomic E-state index is -3.62. The third-order valence-corrected chi connectivity index (χ3v) is 12.6. The highest BCUT2D eigenvalue weighted by Crippen LogP contribution is 2.48. The predicted octanol–water partition coefficient (Wildman–Crippen LogP) is 7.03. The maximum atomic E-state index is 14.0. The zero-order valence-electron chi connectivity index (χ0n) is 30.0. The predicted molar refractivity (Wildman–Crippen MR) is 196 cm³/mol. The van der Waals surface area contributed by atoms with Crippen molar-refractivity contribution in [3.05, 3.63) is 101 Å². The third-order valence-electron chi connectivity index (χ3n) is 10.3. The van der Waals surface area contributed by atoms with E-state index in [4.69, 9.17) is 18.9 Å². The molecule has 0 bridgehead atoms. The lowest BCUT2D eigenvalue weighted by Crippen LogP contribution is -2.54. The van der Waals surface area contributed by atoms with E-state index in [2.05, 4.69) is 12.6 Å². The van der Waals surface area contributed by atoms with Gasteiger partial charge in [-0.1, -0.05) is 48.6 Å². The van der Waals surface area contributed by atoms with Crippen molar-refractivity contribution in [3.63, 3.8) is 0 Å². The van der Waals surface area contributed by atoms with Gasteiger partial charge in [0.05, 0.1) is 17.5 Å². The van der Waals surface area contributed by atoms with Crippen LogP contribution in [-0.2, 0) is 30.9 Å². The molecule has 12 heteroatoms. The molecule has 3 heterocycles. The molecular weight excluding hydrogens is 685 g/mol. The van der Waals surface area contributed by atoms with Gasteiger partial charge < -0.3 is 29.0 Å². The number of benzene rings is 3. The number of carboxylic acids is 1. The lowest BCUT2D eigenvalue weighted by Gasteiger charge is -2.47. The molecule has 3 aromatic carbocycles. The van der Waals surface area contributed by atoms with Crippen LogP contribution in [0.4, 0.5) is 4.79 Å². The number of carbonyl (C=O) groups excluding carboxylic acids is 1. The molecule has 3 aromatic rings. The molecule has 4 atom stereocenters. The molecule has 11 nitrogen and oxygen atoms in total. The van der Waals surface area contributed by atoms with E-state index >= 15 is 0 Å². The minimum Gasteiger partial charge on any atom is -0.482 e. The monoisotopic (exact) mass is 732 g/mol. The lowest BCUT2D eigenvalue weighted by atomic mass is 9.76. The Kier molecular flexibility index (Phi) is 11.6. The number of carbonyl (C=O) groups is 2. The highest BCUT2D eigenvalue weighted by atomic mass is 32.2. The Balaban J connectivity index is 1.13. The van der Waals surface area contributed by atoms with Crippen molar-refractivity contribution < 1.29 is 42.1 Å². The molecule has 278 valence electrons. The van der Waals surface area contributed by atoms with Crippen molar-refractivity contribution in [2.45, 2.75) is 70.5 Å². The molecule has 3 aliphatic rings. The molecule has 0 radical (unpaired) electrons. The van der Waals surface area contributed by atoms with E-state index < -0.39 is 40.0 Å². The fourth-order valence-electron chi connectivity index (χ4n) is 7.67. The second-order valence-corrected chi connectivity index (χ2v) is 16.5. The summed E-state index contributed by atoms with van der Waals surface area (Å²) in [4.78, 5) is 25.8. The average molecular weight is 733 g/mol. The van der Waals surface area contributed by atoms with Crippen LogP contribution in [0.5, 0.6) is 17.2 Å². The van der Waals surface area contributed by atoms with Crippen LogP contribution < -0.4 is 9.47 Å². The number of hydrogen-bond donors (Lipinski definition) is 1. The molecular formula is C40H48N2O9S. The Morgan fingerprint density at radius 3 is 2.33 bits per heavy atom. The topological polar surface area (TPSA) is 132 Å². The zero-order valence-corrected chi connectivity index (χ0v) is 30.8. The van der Waals surface area contributed by atoms with Crippen LogP contribution in [-0.4, -0.2) is 78.9 Å². The second-order valence-electron chi connectivity index (χ2n) is 14.3. The summed E-state index contributed by atoms with van der Waals surface area (Å²) in [6.45, 7) is 11.2. The number of likely N-dealkylation sites (tertiary alicyclic amines) is 1. The van der Waals surface area contributed by atoms with Crippen molar-refractivity contribution in [1.82, 2.24) is 9.21 Å². The van der Waals surface area contributed by atoms with Crippen LogP contribution in [0.25, 0.3) is 0 Å². The molecule has 0 spiro atoms. The summed E-state index contributed by atoms with van der Waals surface area (Å²) in [5.41, 5.74) is 4.57. The SMILES string of the molecule is C=C(C)[C@@H]1C[C@H]2CN(S(=O)(=O)C3CCN(C(=O)OCc4ccccc4)CC3)CC[C@H]2O[C@H]1c1cc(Oc2cc(C)cc(C)c2)ccc1OCC(=O)O. The normalized spacial score (nSPS) is 22.6. The van der Waals surface area contributed by atoms with E-state index in [0.717, 1.165) is 22.3 Å². The number of fused-ring (bicyclic) bond motifs is 1. The molecule has 0 aliphatic carbocycles. The smallest absolute Gasteiger partial charge is 0.410 e. The van der Waals surface area contributed by atoms with Gasteiger partial charge in [-0.2, -0.15) is 0 Å². The maximum absolute atomic E-state index is 14.0. The number of nitrogens with zero attached hydrogens (tertiary/aromatic N) is 2. The Labute approximate surface area is 306 Å². The molecule has 0 saturated carbocycles. The quantitative estimate of drug-likeness (QED) is 0.206. The fourth-order valence-corrected chi connectivity index (χ4v) is 9.65. The van der Waals surface area contributed by atoms with Gasteiger partial charge in [0.2, 0.25) is 10.0 Å². The second kappa shape index (κ2) is 16.1. The van der Waals surface area contributed by atoms with Gasteiger partial charge in [0, 0.05) is 37.7 Å². The summed E-state index contributed by atoms with van der Waals surface area (Å²) in [6, 6.07) is 20.7. The molecule has 3 fully saturated rings. The first-order chi connectivity index (χ1) is 24.9. The Morgan fingerprint density at radius 1 is 0.942 bits per heavy atom. The molecule has 3 saturated heterocycles. The van der Waals surface area contributed by atoms with Crippen molar-refractivity contribution in [1.29, 1.82) is 0 Å². The first-order valence-electron chi connectivity index (χ1n) is 17.9. The maximum Gasteiger partial charge on any atom is 0.410 e. The first kappa shape index (κ1) is 37.4. The van der Waals surface area contributed by atoms with Gasteiger partial charge in [-0.05, 0) is 99.4 Å². The first-order valence-corrected chi connectivity index (χ1v) is 19.4. The molecule has 52 heavy (non-hydrogen) atoms. The van der Waals surface area contributed by atoms with Gasteiger partial charge in [0.1, 0.15) is 23.9 Å². The number of amides is 1. The van der Waals surface area contributed by atoms with Gasteiger partial charge in [0.15, 0.2) is 6.61 Å². The number of hydrogen-bond acceptors (Lipinski definition) is 8. The van der Waals surface area contributed by atoms with Gasteiger partial charge in [0.25, 0.3) is 0 Å². The van der Waals surface area contributed by atoms with Crippen molar-refractivity contribution >= 4 is 22.1 Å². The summed E-state index contributed by atoms with van der Waals surface area (Å²) in [6.07, 6.45) is 0.698. The van der Waals surface area contributed by atoms with Gasteiger partial charge in [-0.3, -0.25) is 0 Å². The van der Waals surface area contributed by atoms with Crippen LogP contribution in [0, 0.1) is 25.7 Å². The summed E-state index contributed by atoms with van der Waals surface area (Å²) >= 11 is 0. The van der Waals surface area contributed by atoms with Crippen molar-refractivity contribution in [2.24, 2.45) is 11.8 Å². The number of sulfonamides is 1. The minimum absolute atomic E-state index is 0.0624. The number of aryl methyl sites for hydroxylation is 2. The number of carboxylic acid groups (broad SMARTS) is 1. The van der Waals surface area contributed by atoms with E-state index in [1.165, 1.54) is 0 Å². The standard InChI is InChI=1S/C40H48N2O9S/c1-26(2)34-21-30-23-42(52(46,47)33-12-15-41(16-13-33)40(45)49-24-29-8-6-5-7-9-29)17-14-36(30)51-39(34)35-22-31(10-11-37(35)48-25-38(43)44)50-32-19-27(3)18-28(4)20-32/h5-11,18-20,22,30,33-34,36,39H,1,12-17,21,23-25H2,2-4H3,(H,43,44)/t30-,34-,36+,39+/m0/s1. The van der Waals surface area contributed by atoms with E-state index in [-0.39, 0.29) is 24.5 Å². The van der Waals surface area contributed by atoms with E-state index in [9.17, 15) is 23.1 Å². The van der Waals surface area contributed by atoms with Crippen LogP contribution in [0.1, 0.15) is 61.0 Å². The Morgan fingerprint density at radius 2 is 1.65 bits per heavy atom. The number of rotatable bonds is 11. The van der Waals surface area contributed by atoms with Crippen molar-refractivity contribution in [3.8, 4) is 17.2 Å². The van der Waals surface area contributed by atoms with Gasteiger partial charge >= 0.3 is 12.1 Å². The number of piperidine rings is 2. The molecule has 0 unspecified atom stereocenters. The molecule has 3 aliphatic heterocycles. The molecule has 1 amide bonds. The Hall–Kier alpha value is -4.39. The number of ether oxygens (including phenoxy) is 4. The number of aliphatic carboxylic acids is 1. The lowest BCUT2D eigenvalue weighted by molar-refractivity contribution is -0.139. The van der Waals surface area contributed by atoms with Crippen LogP contribution in [0.15, 0.2) is 78.9 Å². The highest BCUT2D eigenvalue weighted by molar-refractivity contribution is 7.89. The molecule has 6 rings (SSSR count). The van der Waals surface area contributed by atoms with Crippen LogP contribution in [0.3, 0.4) is 0 Å². The van der Waals surface area contributed by atoms with Crippen molar-refractivity contribution in [2.75, 3.05) is 32.8 Å². The van der Waals surface area contributed by atoms with E-state index in [1.807, 2.05) is 69.3 Å². The largest absolute Gasteiger partial charge is 0.482 e. The summed E-state index contributed by atoms with van der Waals surface area (Å²) < 4.78 is 53.8. The van der Waals surface area contributed by atoms with E-state index in [1.54, 1.807) is 21.3 Å². The molecule has 0 aromatic heterocycles. The van der Waals surface area contributed by atoms with Gasteiger partial charge in [-0.25, -0.2) is 22.3 Å². The van der Waals surface area contributed by atoms with E-state index in [0.29, 0.717) is 74.7 Å². The van der Waals surface area contributed by atoms with Gasteiger partial charge in [-0.15, -0.1) is 0 Å². The Bertz CT molecular complexity index is 1850. The zero-order chi connectivity index (χ0) is 37.0. The van der Waals surface area contributed by atoms with Crippen LogP contribution >= 0.6 is 0 Å². The average Bonchev–Trinajstić information content (AvgIpc) is 3.12. The van der Waals surface area contributed by atoms with Crippen LogP contribution in [0.2, 0.25) is 0 Å². The fraction of sp³-hybridized carbons (Fsp3) is 0.450. The molecule has 1 N–H and O–H groups in total. The summed E-state index contributed by atoms with van der Waals surface area (Å²) in [5, 5.41) is 8.80. The summed E-state index contributed by atoms with van der Waals surface area (Å²) in [7, 11) is -3.62.